The SMILES string of the molecule is Cc1cc(O)ccc1[C@@H]1C[C@@H]2CC[C@H]1C2. The van der Waals surface area contributed by atoms with Crippen LogP contribution in [0.5, 0.6) is 5.75 Å². The highest BCUT2D eigenvalue weighted by molar-refractivity contribution is 5.37. The van der Waals surface area contributed by atoms with Crippen LogP contribution in [-0.4, -0.2) is 5.11 Å². The summed E-state index contributed by atoms with van der Waals surface area (Å²) >= 11 is 0. The molecule has 0 spiro atoms. The number of hydrogen-bond donors (Lipinski definition) is 1. The summed E-state index contributed by atoms with van der Waals surface area (Å²) in [5, 5.41) is 9.41. The van der Waals surface area contributed by atoms with Crippen molar-refractivity contribution in [2.45, 2.75) is 38.5 Å². The van der Waals surface area contributed by atoms with Crippen molar-refractivity contribution in [1.29, 1.82) is 0 Å². The molecule has 15 heavy (non-hydrogen) atoms. The smallest absolute Gasteiger partial charge is 0.115 e. The largest absolute Gasteiger partial charge is 0.508 e. The minimum atomic E-state index is 0.402. The van der Waals surface area contributed by atoms with Crippen LogP contribution in [0.1, 0.15) is 42.7 Å². The van der Waals surface area contributed by atoms with Gasteiger partial charge in [-0.05, 0) is 67.2 Å². The predicted octanol–water partition coefficient (Wildman–Crippen LogP) is 3.60. The number of aromatic hydroxyl groups is 1. The van der Waals surface area contributed by atoms with E-state index in [-0.39, 0.29) is 0 Å². The molecule has 0 aliphatic heterocycles. The number of phenolic OH excluding ortho intramolecular Hbond substituents is 1. The molecule has 2 bridgehead atoms. The van der Waals surface area contributed by atoms with E-state index in [0.717, 1.165) is 17.8 Å². The highest BCUT2D eigenvalue weighted by Gasteiger charge is 2.40. The maximum atomic E-state index is 9.41. The standard InChI is InChI=1S/C14H18O/c1-9-6-12(15)4-5-13(9)14-8-10-2-3-11(14)7-10/h4-6,10-11,14-15H,2-3,7-8H2,1H3/t10-,11+,14-/m1/s1. The van der Waals surface area contributed by atoms with Gasteiger partial charge in [0.05, 0.1) is 0 Å². The van der Waals surface area contributed by atoms with Crippen LogP contribution in [0, 0.1) is 18.8 Å². The molecule has 0 amide bonds. The first-order chi connectivity index (χ1) is 7.24. The molecule has 1 aromatic carbocycles. The van der Waals surface area contributed by atoms with Crippen LogP contribution in [0.25, 0.3) is 0 Å². The summed E-state index contributed by atoms with van der Waals surface area (Å²) in [6.07, 6.45) is 5.72. The Hall–Kier alpha value is -0.980. The van der Waals surface area contributed by atoms with Crippen LogP contribution < -0.4 is 0 Å². The monoisotopic (exact) mass is 202 g/mol. The van der Waals surface area contributed by atoms with Crippen LogP contribution in [0.15, 0.2) is 18.2 Å². The van der Waals surface area contributed by atoms with E-state index >= 15 is 0 Å². The number of hydrogen-bond acceptors (Lipinski definition) is 1. The summed E-state index contributed by atoms with van der Waals surface area (Å²) in [5.41, 5.74) is 2.76. The molecule has 0 aromatic heterocycles. The zero-order valence-corrected chi connectivity index (χ0v) is 9.24. The third kappa shape index (κ3) is 1.45. The molecule has 0 radical (unpaired) electrons. The Balaban J connectivity index is 1.93. The third-order valence-corrected chi connectivity index (χ3v) is 4.39. The highest BCUT2D eigenvalue weighted by Crippen LogP contribution is 2.53. The second kappa shape index (κ2) is 3.26. The molecule has 0 unspecified atom stereocenters. The molecule has 3 rings (SSSR count). The van der Waals surface area contributed by atoms with E-state index in [4.69, 9.17) is 0 Å². The first-order valence-corrected chi connectivity index (χ1v) is 6.03. The lowest BCUT2D eigenvalue weighted by Crippen LogP contribution is -2.09. The molecule has 1 aromatic rings. The average molecular weight is 202 g/mol. The zero-order chi connectivity index (χ0) is 10.4. The fraction of sp³-hybridized carbons (Fsp3) is 0.571. The van der Waals surface area contributed by atoms with Crippen molar-refractivity contribution in [2.75, 3.05) is 0 Å². The number of fused-ring (bicyclic) bond motifs is 2. The Labute approximate surface area is 91.1 Å². The van der Waals surface area contributed by atoms with Crippen molar-refractivity contribution in [3.05, 3.63) is 29.3 Å². The van der Waals surface area contributed by atoms with Gasteiger partial charge in [-0.2, -0.15) is 0 Å². The fourth-order valence-corrected chi connectivity index (χ4v) is 3.70. The van der Waals surface area contributed by atoms with E-state index in [1.807, 2.05) is 12.1 Å². The molecule has 1 heteroatoms. The Morgan fingerprint density at radius 2 is 2.07 bits per heavy atom. The number of phenols is 1. The van der Waals surface area contributed by atoms with E-state index in [1.165, 1.54) is 36.8 Å². The van der Waals surface area contributed by atoms with Crippen molar-refractivity contribution in [1.82, 2.24) is 0 Å². The van der Waals surface area contributed by atoms with Crippen molar-refractivity contribution >= 4 is 0 Å². The molecule has 0 heterocycles. The first-order valence-electron chi connectivity index (χ1n) is 6.03. The summed E-state index contributed by atoms with van der Waals surface area (Å²) in [5.74, 6) is 3.11. The Kier molecular flexibility index (Phi) is 2.01. The molecule has 0 saturated heterocycles. The molecule has 80 valence electrons. The summed E-state index contributed by atoms with van der Waals surface area (Å²) in [7, 11) is 0. The molecule has 2 aliphatic carbocycles. The Morgan fingerprint density at radius 1 is 1.20 bits per heavy atom. The lowest BCUT2D eigenvalue weighted by molar-refractivity contribution is 0.417. The van der Waals surface area contributed by atoms with Crippen LogP contribution in [-0.2, 0) is 0 Å². The van der Waals surface area contributed by atoms with Gasteiger partial charge in [0, 0.05) is 0 Å². The lowest BCUT2D eigenvalue weighted by Gasteiger charge is -2.23. The van der Waals surface area contributed by atoms with Crippen LogP contribution >= 0.6 is 0 Å². The highest BCUT2D eigenvalue weighted by atomic mass is 16.3. The zero-order valence-electron chi connectivity index (χ0n) is 9.24. The van der Waals surface area contributed by atoms with Gasteiger partial charge >= 0.3 is 0 Å². The normalized spacial score (nSPS) is 33.5. The average Bonchev–Trinajstić information content (AvgIpc) is 2.78. The Morgan fingerprint density at radius 3 is 2.67 bits per heavy atom. The van der Waals surface area contributed by atoms with Crippen LogP contribution in [0.4, 0.5) is 0 Å². The van der Waals surface area contributed by atoms with Gasteiger partial charge in [0.15, 0.2) is 0 Å². The van der Waals surface area contributed by atoms with Crippen molar-refractivity contribution in [3.63, 3.8) is 0 Å². The molecule has 2 saturated carbocycles. The minimum absolute atomic E-state index is 0.402. The molecule has 2 aliphatic rings. The second-order valence-corrected chi connectivity index (χ2v) is 5.32. The van der Waals surface area contributed by atoms with Gasteiger partial charge in [-0.1, -0.05) is 12.5 Å². The van der Waals surface area contributed by atoms with E-state index in [1.54, 1.807) is 0 Å². The number of aryl methyl sites for hydroxylation is 1. The minimum Gasteiger partial charge on any atom is -0.508 e. The van der Waals surface area contributed by atoms with Gasteiger partial charge in [0.1, 0.15) is 5.75 Å². The van der Waals surface area contributed by atoms with Gasteiger partial charge in [0.2, 0.25) is 0 Å². The van der Waals surface area contributed by atoms with Gasteiger partial charge in [-0.25, -0.2) is 0 Å². The molecule has 3 atom stereocenters. The summed E-state index contributed by atoms with van der Waals surface area (Å²) in [6, 6.07) is 5.88. The summed E-state index contributed by atoms with van der Waals surface area (Å²) in [6.45, 7) is 2.13. The van der Waals surface area contributed by atoms with E-state index in [0.29, 0.717) is 5.75 Å². The van der Waals surface area contributed by atoms with E-state index < -0.39 is 0 Å². The maximum Gasteiger partial charge on any atom is 0.115 e. The molecule has 1 nitrogen and oxygen atoms in total. The van der Waals surface area contributed by atoms with E-state index in [2.05, 4.69) is 13.0 Å². The van der Waals surface area contributed by atoms with Gasteiger partial charge < -0.3 is 5.11 Å². The quantitative estimate of drug-likeness (QED) is 0.737. The van der Waals surface area contributed by atoms with Crippen molar-refractivity contribution in [2.24, 2.45) is 11.8 Å². The lowest BCUT2D eigenvalue weighted by atomic mass is 9.82. The second-order valence-electron chi connectivity index (χ2n) is 5.32. The van der Waals surface area contributed by atoms with Crippen LogP contribution in [0.2, 0.25) is 0 Å². The predicted molar refractivity (Wildman–Crippen MR) is 61.0 cm³/mol. The fourth-order valence-electron chi connectivity index (χ4n) is 3.70. The van der Waals surface area contributed by atoms with Gasteiger partial charge in [0.25, 0.3) is 0 Å². The molecule has 1 N–H and O–H groups in total. The third-order valence-electron chi connectivity index (χ3n) is 4.39. The van der Waals surface area contributed by atoms with E-state index in [9.17, 15) is 5.11 Å². The molecular formula is C14H18O. The van der Waals surface area contributed by atoms with Gasteiger partial charge in [-0.3, -0.25) is 0 Å². The number of rotatable bonds is 1. The van der Waals surface area contributed by atoms with Gasteiger partial charge in [-0.15, -0.1) is 0 Å². The molecular weight excluding hydrogens is 184 g/mol. The van der Waals surface area contributed by atoms with Crippen LogP contribution in [0.3, 0.4) is 0 Å². The summed E-state index contributed by atoms with van der Waals surface area (Å²) in [4.78, 5) is 0. The van der Waals surface area contributed by atoms with Crippen molar-refractivity contribution < 1.29 is 5.11 Å². The maximum absolute atomic E-state index is 9.41. The topological polar surface area (TPSA) is 20.2 Å². The summed E-state index contributed by atoms with van der Waals surface area (Å²) < 4.78 is 0. The first kappa shape index (κ1) is 9.26. The number of benzene rings is 1. The Bertz CT molecular complexity index is 383. The molecule has 2 fully saturated rings. The van der Waals surface area contributed by atoms with Crippen molar-refractivity contribution in [3.8, 4) is 5.75 Å².